The summed E-state index contributed by atoms with van der Waals surface area (Å²) in [6.45, 7) is 0.319. The van der Waals surface area contributed by atoms with Crippen LogP contribution in [0.15, 0.2) is 89.1 Å². The van der Waals surface area contributed by atoms with Crippen LogP contribution >= 0.6 is 0 Å². The first-order valence-corrected chi connectivity index (χ1v) is 12.4. The first-order valence-electron chi connectivity index (χ1n) is 12.4. The number of aliphatic hydroxyl groups excluding tert-OH is 1. The van der Waals surface area contributed by atoms with Gasteiger partial charge in [-0.2, -0.15) is 13.2 Å². The fraction of sp³-hybridized carbons (Fsp3) is 0.267. The fourth-order valence-corrected chi connectivity index (χ4v) is 4.60. The largest absolute Gasteiger partial charge is 0.511 e. The van der Waals surface area contributed by atoms with Crippen molar-refractivity contribution >= 4 is 17.3 Å². The summed E-state index contributed by atoms with van der Waals surface area (Å²) in [5.41, 5.74) is 1.43. The highest BCUT2D eigenvalue weighted by molar-refractivity contribution is 6.26. The number of rotatable bonds is 8. The van der Waals surface area contributed by atoms with E-state index in [2.05, 4.69) is 10.3 Å². The number of allylic oxidation sites excluding steroid dienone is 1. The van der Waals surface area contributed by atoms with Gasteiger partial charge in [0.15, 0.2) is 11.5 Å². The molecule has 204 valence electrons. The lowest BCUT2D eigenvalue weighted by molar-refractivity contribution is -0.137. The Morgan fingerprint density at radius 1 is 0.974 bits per heavy atom. The molecule has 0 saturated heterocycles. The maximum Gasteiger partial charge on any atom is 0.416 e. The molecule has 1 amide bonds. The van der Waals surface area contributed by atoms with Crippen molar-refractivity contribution in [3.63, 3.8) is 0 Å². The van der Waals surface area contributed by atoms with Gasteiger partial charge in [0.2, 0.25) is 0 Å². The van der Waals surface area contributed by atoms with E-state index < -0.39 is 17.6 Å². The number of alkyl halides is 3. The van der Waals surface area contributed by atoms with Crippen molar-refractivity contribution in [2.45, 2.75) is 31.4 Å². The summed E-state index contributed by atoms with van der Waals surface area (Å²) in [6.07, 6.45) is -3.41. The van der Waals surface area contributed by atoms with E-state index in [0.29, 0.717) is 36.6 Å². The third-order valence-corrected chi connectivity index (χ3v) is 6.55. The lowest BCUT2D eigenvalue weighted by Gasteiger charge is -2.26. The van der Waals surface area contributed by atoms with Crippen LogP contribution in [0.1, 0.15) is 35.4 Å². The molecule has 0 bridgehead atoms. The van der Waals surface area contributed by atoms with Crippen molar-refractivity contribution in [1.82, 2.24) is 0 Å². The first-order chi connectivity index (χ1) is 18.7. The smallest absolute Gasteiger partial charge is 0.416 e. The molecule has 0 heterocycles. The van der Waals surface area contributed by atoms with Gasteiger partial charge in [-0.3, -0.25) is 9.79 Å². The summed E-state index contributed by atoms with van der Waals surface area (Å²) in [5, 5.41) is 13.5. The Morgan fingerprint density at radius 2 is 1.72 bits per heavy atom. The second-order valence-electron chi connectivity index (χ2n) is 9.14. The van der Waals surface area contributed by atoms with Gasteiger partial charge in [-0.15, -0.1) is 0 Å². The van der Waals surface area contributed by atoms with E-state index in [1.54, 1.807) is 20.3 Å². The molecule has 0 radical (unpaired) electrons. The van der Waals surface area contributed by atoms with E-state index in [9.17, 15) is 23.1 Å². The van der Waals surface area contributed by atoms with E-state index in [1.807, 2.05) is 42.5 Å². The zero-order valence-corrected chi connectivity index (χ0v) is 21.6. The predicted octanol–water partition coefficient (Wildman–Crippen LogP) is 6.73. The Kier molecular flexibility index (Phi) is 8.59. The third kappa shape index (κ3) is 6.79. The van der Waals surface area contributed by atoms with Crippen LogP contribution in [0.25, 0.3) is 0 Å². The van der Waals surface area contributed by atoms with Gasteiger partial charge in [0.1, 0.15) is 5.76 Å². The second-order valence-corrected chi connectivity index (χ2v) is 9.14. The molecule has 6 nitrogen and oxygen atoms in total. The Balaban J connectivity index is 1.60. The van der Waals surface area contributed by atoms with Crippen molar-refractivity contribution in [3.05, 3.63) is 101 Å². The molecule has 3 aromatic carbocycles. The molecule has 0 aromatic heterocycles. The maximum atomic E-state index is 13.3. The summed E-state index contributed by atoms with van der Waals surface area (Å²) >= 11 is 0. The minimum atomic E-state index is -4.55. The quantitative estimate of drug-likeness (QED) is 0.333. The number of benzene rings is 3. The molecule has 2 N–H and O–H groups in total. The number of anilines is 1. The minimum Gasteiger partial charge on any atom is -0.511 e. The normalized spacial score (nSPS) is 16.7. The van der Waals surface area contributed by atoms with E-state index in [1.165, 1.54) is 12.1 Å². The number of aliphatic hydroxyl groups is 1. The van der Waals surface area contributed by atoms with Crippen LogP contribution in [0.4, 0.5) is 18.9 Å². The average molecular weight is 539 g/mol. The zero-order chi connectivity index (χ0) is 28.0. The van der Waals surface area contributed by atoms with Crippen LogP contribution in [0.5, 0.6) is 11.5 Å². The number of hydrogen-bond acceptors (Lipinski definition) is 5. The summed E-state index contributed by atoms with van der Waals surface area (Å²) in [7, 11) is 3.11. The Hall–Kier alpha value is -4.27. The van der Waals surface area contributed by atoms with Crippen LogP contribution in [-0.4, -0.2) is 37.5 Å². The molecule has 0 saturated carbocycles. The molecular formula is C30H29F3N2O4. The van der Waals surface area contributed by atoms with Gasteiger partial charge < -0.3 is 19.9 Å². The molecule has 0 spiro atoms. The molecule has 1 aliphatic rings. The van der Waals surface area contributed by atoms with Crippen molar-refractivity contribution in [2.75, 3.05) is 26.1 Å². The Morgan fingerprint density at radius 3 is 2.41 bits per heavy atom. The molecule has 1 aliphatic carbocycles. The highest BCUT2D eigenvalue weighted by atomic mass is 19.4. The Labute approximate surface area is 224 Å². The fourth-order valence-electron chi connectivity index (χ4n) is 4.60. The van der Waals surface area contributed by atoms with E-state index in [0.717, 1.165) is 23.3 Å². The summed E-state index contributed by atoms with van der Waals surface area (Å²) in [6, 6.07) is 19.5. The van der Waals surface area contributed by atoms with E-state index in [4.69, 9.17) is 9.47 Å². The number of nitrogens with zero attached hydrogens (tertiary/aromatic N) is 1. The summed E-state index contributed by atoms with van der Waals surface area (Å²) < 4.78 is 50.1. The lowest BCUT2D eigenvalue weighted by Crippen LogP contribution is -2.28. The highest BCUT2D eigenvalue weighted by Gasteiger charge is 2.33. The van der Waals surface area contributed by atoms with Crippen molar-refractivity contribution in [1.29, 1.82) is 0 Å². The van der Waals surface area contributed by atoms with E-state index >= 15 is 0 Å². The van der Waals surface area contributed by atoms with Crippen LogP contribution in [0.3, 0.4) is 0 Å². The molecule has 0 unspecified atom stereocenters. The van der Waals surface area contributed by atoms with Crippen molar-refractivity contribution < 1.29 is 32.5 Å². The predicted molar refractivity (Wildman–Crippen MR) is 144 cm³/mol. The number of amides is 1. The van der Waals surface area contributed by atoms with Gasteiger partial charge in [0, 0.05) is 18.7 Å². The van der Waals surface area contributed by atoms with Crippen molar-refractivity contribution in [2.24, 2.45) is 4.99 Å². The molecule has 3 aromatic rings. The molecule has 9 heteroatoms. The topological polar surface area (TPSA) is 80.2 Å². The zero-order valence-electron chi connectivity index (χ0n) is 21.6. The summed E-state index contributed by atoms with van der Waals surface area (Å²) in [5.74, 6) is 0.235. The number of carbonyl (C=O) groups excluding carboxylic acids is 1. The standard InChI is InChI=1S/C30H29F3N2O4/c1-38-26-12-11-19(15-27(26)39-2)13-14-34-24-16-21(20-7-4-3-5-8-20)17-25(36)28(24)29(37)35-23-10-6-9-22(18-23)30(31,32)33/h3-12,15,18,21,36H,13-14,16-17H2,1-2H3,(H,35,37)/t21-/m1/s1. The van der Waals surface area contributed by atoms with Gasteiger partial charge in [-0.25, -0.2) is 0 Å². The van der Waals surface area contributed by atoms with Crippen LogP contribution < -0.4 is 14.8 Å². The third-order valence-electron chi connectivity index (χ3n) is 6.55. The van der Waals surface area contributed by atoms with Gasteiger partial charge in [-0.1, -0.05) is 42.5 Å². The van der Waals surface area contributed by atoms with Crippen LogP contribution in [0.2, 0.25) is 0 Å². The molecule has 4 rings (SSSR count). The van der Waals surface area contributed by atoms with Gasteiger partial charge >= 0.3 is 6.18 Å². The Bertz CT molecular complexity index is 1380. The monoisotopic (exact) mass is 538 g/mol. The molecule has 1 atom stereocenters. The van der Waals surface area contributed by atoms with Gasteiger partial charge in [0.25, 0.3) is 5.91 Å². The SMILES string of the molecule is COc1ccc(CCN=C2C[C@@H](c3ccccc3)CC(O)=C2C(=O)Nc2cccc(C(F)(F)F)c2)cc1OC. The average Bonchev–Trinajstić information content (AvgIpc) is 2.92. The summed E-state index contributed by atoms with van der Waals surface area (Å²) in [4.78, 5) is 17.9. The highest BCUT2D eigenvalue weighted by Crippen LogP contribution is 2.35. The molecule has 0 aliphatic heterocycles. The molecule has 0 fully saturated rings. The number of ether oxygens (including phenoxy) is 2. The van der Waals surface area contributed by atoms with Crippen LogP contribution in [0, 0.1) is 0 Å². The van der Waals surface area contributed by atoms with E-state index in [-0.39, 0.29) is 29.4 Å². The maximum absolute atomic E-state index is 13.3. The number of nitrogens with one attached hydrogen (secondary N) is 1. The molecule has 39 heavy (non-hydrogen) atoms. The minimum absolute atomic E-state index is 0.00750. The van der Waals surface area contributed by atoms with Crippen LogP contribution in [-0.2, 0) is 17.4 Å². The van der Waals surface area contributed by atoms with Crippen molar-refractivity contribution in [3.8, 4) is 11.5 Å². The first kappa shape index (κ1) is 27.8. The number of methoxy groups -OCH3 is 2. The van der Waals surface area contributed by atoms with Gasteiger partial charge in [0.05, 0.1) is 31.1 Å². The molecular weight excluding hydrogens is 509 g/mol. The number of aliphatic imine (C=N–C) groups is 1. The van der Waals surface area contributed by atoms with Gasteiger partial charge in [-0.05, 0) is 60.2 Å². The second kappa shape index (κ2) is 12.1. The number of hydrogen-bond donors (Lipinski definition) is 2. The number of halogens is 3. The lowest BCUT2D eigenvalue weighted by atomic mass is 9.82. The number of carbonyl (C=O) groups is 1.